The first-order chi connectivity index (χ1) is 8.22. The Balaban J connectivity index is 2.27. The Hall–Kier alpha value is -2.09. The Morgan fingerprint density at radius 1 is 1.47 bits per heavy atom. The summed E-state index contributed by atoms with van der Waals surface area (Å²) >= 11 is 0. The van der Waals surface area contributed by atoms with Crippen LogP contribution in [-0.4, -0.2) is 42.5 Å². The Labute approximate surface area is 100 Å². The van der Waals surface area contributed by atoms with Crippen molar-refractivity contribution >= 4 is 11.6 Å². The molecule has 88 valence electrons. The van der Waals surface area contributed by atoms with E-state index in [9.17, 15) is 4.79 Å². The zero-order valence-corrected chi connectivity index (χ0v) is 9.76. The zero-order valence-electron chi connectivity index (χ0n) is 9.76. The van der Waals surface area contributed by atoms with Gasteiger partial charge in [-0.2, -0.15) is 5.26 Å². The van der Waals surface area contributed by atoms with Crippen molar-refractivity contribution in [3.8, 4) is 6.07 Å². The maximum absolute atomic E-state index is 11.8. The molecule has 1 amide bonds. The highest BCUT2D eigenvalue weighted by Gasteiger charge is 2.20. The van der Waals surface area contributed by atoms with Gasteiger partial charge in [0.25, 0.3) is 0 Å². The Bertz CT molecular complexity index is 466. The van der Waals surface area contributed by atoms with Crippen LogP contribution in [0.4, 0.5) is 5.69 Å². The number of nitriles is 1. The number of pyridine rings is 1. The van der Waals surface area contributed by atoms with E-state index in [-0.39, 0.29) is 5.91 Å². The van der Waals surface area contributed by atoms with E-state index in [0.29, 0.717) is 12.1 Å². The lowest BCUT2D eigenvalue weighted by Gasteiger charge is -2.22. The quantitative estimate of drug-likeness (QED) is 0.709. The molecule has 1 aliphatic heterocycles. The second kappa shape index (κ2) is 4.83. The molecule has 0 unspecified atom stereocenters. The molecule has 0 aromatic carbocycles. The third-order valence-electron chi connectivity index (χ3n) is 2.93. The first-order valence-corrected chi connectivity index (χ1v) is 5.55. The first-order valence-electron chi connectivity index (χ1n) is 5.55. The minimum Gasteiger partial charge on any atom is -0.360 e. The van der Waals surface area contributed by atoms with E-state index >= 15 is 0 Å². The fraction of sp³-hybridized carbons (Fsp3) is 0.417. The molecule has 0 N–H and O–H groups in total. The monoisotopic (exact) mass is 230 g/mol. The number of carbonyl (C=O) groups is 1. The smallest absolute Gasteiger partial charge is 0.241 e. The van der Waals surface area contributed by atoms with Gasteiger partial charge in [0.1, 0.15) is 6.07 Å². The third-order valence-corrected chi connectivity index (χ3v) is 2.93. The van der Waals surface area contributed by atoms with Gasteiger partial charge < -0.3 is 9.80 Å². The number of carbonyl (C=O) groups excluding carboxylic acids is 1. The number of likely N-dealkylation sites (N-methyl/N-ethyl adjacent to an activating group) is 1. The minimum absolute atomic E-state index is 0.0789. The lowest BCUT2D eigenvalue weighted by atomic mass is 10.2. The highest BCUT2D eigenvalue weighted by molar-refractivity contribution is 5.82. The lowest BCUT2D eigenvalue weighted by Crippen LogP contribution is -2.34. The topological polar surface area (TPSA) is 60.2 Å². The van der Waals surface area contributed by atoms with Gasteiger partial charge in [0.2, 0.25) is 5.91 Å². The molecule has 1 aromatic rings. The molecule has 1 fully saturated rings. The van der Waals surface area contributed by atoms with Gasteiger partial charge in [0.05, 0.1) is 24.0 Å². The molecule has 2 rings (SSSR count). The van der Waals surface area contributed by atoms with E-state index in [1.165, 1.54) is 0 Å². The predicted molar refractivity (Wildman–Crippen MR) is 63.4 cm³/mol. The molecule has 0 radical (unpaired) electrons. The molecule has 0 aliphatic carbocycles. The molecule has 5 heteroatoms. The number of hydrogen-bond donors (Lipinski definition) is 0. The summed E-state index contributed by atoms with van der Waals surface area (Å²) in [6, 6.07) is 3.81. The highest BCUT2D eigenvalue weighted by Crippen LogP contribution is 2.19. The Morgan fingerprint density at radius 3 is 3.06 bits per heavy atom. The molecule has 1 saturated heterocycles. The summed E-state index contributed by atoms with van der Waals surface area (Å²) in [6.45, 7) is 1.85. The van der Waals surface area contributed by atoms with Crippen LogP contribution < -0.4 is 4.90 Å². The van der Waals surface area contributed by atoms with Gasteiger partial charge in [-0.15, -0.1) is 0 Å². The number of hydrogen-bond acceptors (Lipinski definition) is 4. The number of amides is 1. The van der Waals surface area contributed by atoms with Gasteiger partial charge in [-0.25, -0.2) is 0 Å². The van der Waals surface area contributed by atoms with Crippen molar-refractivity contribution in [3.63, 3.8) is 0 Å². The molecule has 17 heavy (non-hydrogen) atoms. The molecule has 5 nitrogen and oxygen atoms in total. The van der Waals surface area contributed by atoms with E-state index in [1.54, 1.807) is 30.4 Å². The van der Waals surface area contributed by atoms with Crippen LogP contribution in [0.25, 0.3) is 0 Å². The molecule has 0 saturated carbocycles. The van der Waals surface area contributed by atoms with E-state index in [0.717, 1.165) is 25.2 Å². The van der Waals surface area contributed by atoms with Crippen molar-refractivity contribution in [1.82, 2.24) is 9.88 Å². The molecular weight excluding hydrogens is 216 g/mol. The predicted octanol–water partition coefficient (Wildman–Crippen LogP) is 0.622. The molecule has 0 bridgehead atoms. The lowest BCUT2D eigenvalue weighted by molar-refractivity contribution is -0.127. The zero-order chi connectivity index (χ0) is 12.3. The highest BCUT2D eigenvalue weighted by atomic mass is 16.2. The summed E-state index contributed by atoms with van der Waals surface area (Å²) in [6.07, 6.45) is 4.15. The summed E-state index contributed by atoms with van der Waals surface area (Å²) in [7, 11) is 1.81. The van der Waals surface area contributed by atoms with Gasteiger partial charge in [0.15, 0.2) is 0 Å². The van der Waals surface area contributed by atoms with Crippen LogP contribution >= 0.6 is 0 Å². The van der Waals surface area contributed by atoms with E-state index < -0.39 is 0 Å². The van der Waals surface area contributed by atoms with Crippen LogP contribution in [-0.2, 0) is 4.79 Å². The standard InChI is InChI=1S/C12H14N4O/c1-15-5-2-6-16(9-12(15)17)11-8-14-4-3-10(11)7-13/h3-4,8H,2,5-6,9H2,1H3. The molecule has 0 spiro atoms. The van der Waals surface area contributed by atoms with Crippen molar-refractivity contribution in [2.24, 2.45) is 0 Å². The third kappa shape index (κ3) is 2.36. The van der Waals surface area contributed by atoms with E-state index in [4.69, 9.17) is 5.26 Å². The van der Waals surface area contributed by atoms with Crippen molar-refractivity contribution in [2.75, 3.05) is 31.6 Å². The van der Waals surface area contributed by atoms with E-state index in [1.807, 2.05) is 4.90 Å². The second-order valence-corrected chi connectivity index (χ2v) is 4.10. The molecular formula is C12H14N4O. The number of rotatable bonds is 1. The minimum atomic E-state index is 0.0789. The van der Waals surface area contributed by atoms with Crippen LogP contribution in [0.1, 0.15) is 12.0 Å². The summed E-state index contributed by atoms with van der Waals surface area (Å²) in [4.78, 5) is 19.5. The molecule has 1 aromatic heterocycles. The van der Waals surface area contributed by atoms with Crippen LogP contribution in [0.15, 0.2) is 18.5 Å². The molecule has 1 aliphatic rings. The normalized spacial score (nSPS) is 16.6. The van der Waals surface area contributed by atoms with Crippen LogP contribution in [0, 0.1) is 11.3 Å². The first kappa shape index (κ1) is 11.4. The van der Waals surface area contributed by atoms with Gasteiger partial charge in [0, 0.05) is 26.3 Å². The Morgan fingerprint density at radius 2 is 2.29 bits per heavy atom. The summed E-state index contributed by atoms with van der Waals surface area (Å²) in [5, 5.41) is 9.04. The van der Waals surface area contributed by atoms with E-state index in [2.05, 4.69) is 11.1 Å². The van der Waals surface area contributed by atoms with Crippen LogP contribution in [0.2, 0.25) is 0 Å². The SMILES string of the molecule is CN1CCCN(c2cnccc2C#N)CC1=O. The van der Waals surface area contributed by atoms with Crippen molar-refractivity contribution in [2.45, 2.75) is 6.42 Å². The fourth-order valence-electron chi connectivity index (χ4n) is 1.92. The average molecular weight is 230 g/mol. The average Bonchev–Trinajstić information content (AvgIpc) is 2.52. The fourth-order valence-corrected chi connectivity index (χ4v) is 1.92. The van der Waals surface area contributed by atoms with Gasteiger partial charge >= 0.3 is 0 Å². The van der Waals surface area contributed by atoms with Gasteiger partial charge in [-0.05, 0) is 12.5 Å². The van der Waals surface area contributed by atoms with Crippen molar-refractivity contribution in [1.29, 1.82) is 5.26 Å². The second-order valence-electron chi connectivity index (χ2n) is 4.10. The van der Waals surface area contributed by atoms with Crippen molar-refractivity contribution in [3.05, 3.63) is 24.0 Å². The molecule has 2 heterocycles. The molecule has 0 atom stereocenters. The van der Waals surface area contributed by atoms with Crippen molar-refractivity contribution < 1.29 is 4.79 Å². The summed E-state index contributed by atoms with van der Waals surface area (Å²) < 4.78 is 0. The largest absolute Gasteiger partial charge is 0.360 e. The number of aromatic nitrogens is 1. The number of nitrogens with zero attached hydrogens (tertiary/aromatic N) is 4. The van der Waals surface area contributed by atoms with Crippen LogP contribution in [0.3, 0.4) is 0 Å². The van der Waals surface area contributed by atoms with Gasteiger partial charge in [-0.1, -0.05) is 0 Å². The summed E-state index contributed by atoms with van der Waals surface area (Å²) in [5.41, 5.74) is 1.32. The Kier molecular flexibility index (Phi) is 3.24. The summed E-state index contributed by atoms with van der Waals surface area (Å²) in [5.74, 6) is 0.0789. The maximum atomic E-state index is 11.8. The number of anilines is 1. The van der Waals surface area contributed by atoms with Crippen LogP contribution in [0.5, 0.6) is 0 Å². The van der Waals surface area contributed by atoms with Gasteiger partial charge in [-0.3, -0.25) is 9.78 Å². The maximum Gasteiger partial charge on any atom is 0.241 e.